The van der Waals surface area contributed by atoms with Crippen LogP contribution >= 0.6 is 0 Å². The van der Waals surface area contributed by atoms with Crippen molar-refractivity contribution in [3.8, 4) is 0 Å². The van der Waals surface area contributed by atoms with E-state index in [0.29, 0.717) is 6.54 Å². The van der Waals surface area contributed by atoms with E-state index in [4.69, 9.17) is 15.6 Å². The molecule has 0 fully saturated rings. The quantitative estimate of drug-likeness (QED) is 0.574. The average Bonchev–Trinajstić information content (AvgIpc) is 1.99. The second kappa shape index (κ2) is 5.65. The van der Waals surface area contributed by atoms with Gasteiger partial charge in [-0.3, -0.25) is 0 Å². The Labute approximate surface area is 62.2 Å². The van der Waals surface area contributed by atoms with Gasteiger partial charge in [-0.15, -0.1) is 0 Å². The summed E-state index contributed by atoms with van der Waals surface area (Å²) in [5.41, 5.74) is 5.37. The van der Waals surface area contributed by atoms with Gasteiger partial charge < -0.3 is 15.6 Å². The maximum atomic E-state index is 8.73. The Morgan fingerprint density at radius 2 is 2.20 bits per heavy atom. The highest BCUT2D eigenvalue weighted by molar-refractivity contribution is 4.62. The first-order chi connectivity index (χ1) is 4.74. The summed E-state index contributed by atoms with van der Waals surface area (Å²) in [6.45, 7) is 2.66. The van der Waals surface area contributed by atoms with Gasteiger partial charge in [0.2, 0.25) is 0 Å². The number of ether oxygens (including phenoxy) is 1. The molecule has 62 valence electrons. The molecule has 0 rings (SSSR count). The van der Waals surface area contributed by atoms with E-state index in [2.05, 4.69) is 0 Å². The van der Waals surface area contributed by atoms with E-state index >= 15 is 0 Å². The molecule has 0 spiro atoms. The van der Waals surface area contributed by atoms with E-state index in [1.54, 1.807) is 7.11 Å². The molecule has 0 bridgehead atoms. The van der Waals surface area contributed by atoms with Gasteiger partial charge >= 0.3 is 0 Å². The zero-order chi connectivity index (χ0) is 7.98. The number of aliphatic hydroxyl groups excluding tert-OH is 1. The van der Waals surface area contributed by atoms with Gasteiger partial charge in [-0.1, -0.05) is 0 Å². The van der Waals surface area contributed by atoms with Crippen molar-refractivity contribution >= 4 is 0 Å². The molecule has 3 heteroatoms. The third-order valence-corrected chi connectivity index (χ3v) is 1.66. The molecule has 0 heterocycles. The van der Waals surface area contributed by atoms with Crippen LogP contribution in [0.2, 0.25) is 0 Å². The number of nitrogens with two attached hydrogens (primary N) is 1. The number of aliphatic hydroxyl groups is 1. The Hall–Kier alpha value is -0.120. The highest BCUT2D eigenvalue weighted by Gasteiger charge is 2.09. The van der Waals surface area contributed by atoms with Crippen molar-refractivity contribution in [2.24, 2.45) is 11.7 Å². The van der Waals surface area contributed by atoms with E-state index in [9.17, 15) is 0 Å². The second-order valence-corrected chi connectivity index (χ2v) is 2.57. The number of methoxy groups -OCH3 is 1. The monoisotopic (exact) mass is 147 g/mol. The summed E-state index contributed by atoms with van der Waals surface area (Å²) in [6.07, 6.45) is 1.03. The molecule has 10 heavy (non-hydrogen) atoms. The lowest BCUT2D eigenvalue weighted by atomic mass is 10.0. The van der Waals surface area contributed by atoms with Crippen LogP contribution in [0, 0.1) is 5.92 Å². The van der Waals surface area contributed by atoms with Crippen LogP contribution in [0.15, 0.2) is 0 Å². The molecule has 0 aromatic carbocycles. The first-order valence-electron chi connectivity index (χ1n) is 3.58. The Morgan fingerprint density at radius 1 is 1.60 bits per heavy atom. The van der Waals surface area contributed by atoms with Gasteiger partial charge in [0.1, 0.15) is 0 Å². The molecule has 0 aromatic rings. The molecule has 3 nitrogen and oxygen atoms in total. The van der Waals surface area contributed by atoms with Crippen LogP contribution in [0.1, 0.15) is 13.3 Å². The van der Waals surface area contributed by atoms with Gasteiger partial charge in [0.25, 0.3) is 0 Å². The highest BCUT2D eigenvalue weighted by atomic mass is 16.5. The molecule has 0 aliphatic rings. The fraction of sp³-hybridized carbons (Fsp3) is 1.00. The molecular weight excluding hydrogens is 130 g/mol. The van der Waals surface area contributed by atoms with Crippen molar-refractivity contribution in [2.75, 3.05) is 20.3 Å². The van der Waals surface area contributed by atoms with Crippen LogP contribution in [0.3, 0.4) is 0 Å². The van der Waals surface area contributed by atoms with Gasteiger partial charge in [-0.05, 0) is 25.8 Å². The van der Waals surface area contributed by atoms with E-state index < -0.39 is 0 Å². The lowest BCUT2D eigenvalue weighted by Crippen LogP contribution is -2.23. The summed E-state index contributed by atoms with van der Waals surface area (Å²) < 4.78 is 5.02. The smallest absolute Gasteiger partial charge is 0.0547 e. The number of rotatable bonds is 5. The molecular formula is C7H17NO2. The van der Waals surface area contributed by atoms with Crippen LogP contribution in [-0.4, -0.2) is 31.5 Å². The zero-order valence-corrected chi connectivity index (χ0v) is 6.71. The molecule has 0 radical (unpaired) electrons. The van der Waals surface area contributed by atoms with E-state index in [1.165, 1.54) is 0 Å². The minimum absolute atomic E-state index is 0.157. The molecule has 0 amide bonds. The molecule has 0 saturated carbocycles. The minimum Gasteiger partial charge on any atom is -0.396 e. The third kappa shape index (κ3) is 3.82. The minimum atomic E-state index is 0.157. The largest absolute Gasteiger partial charge is 0.396 e. The maximum absolute atomic E-state index is 8.73. The number of hydrogen-bond acceptors (Lipinski definition) is 3. The number of hydrogen-bond donors (Lipinski definition) is 2. The topological polar surface area (TPSA) is 55.5 Å². The maximum Gasteiger partial charge on any atom is 0.0547 e. The lowest BCUT2D eigenvalue weighted by Gasteiger charge is -2.15. The van der Waals surface area contributed by atoms with Crippen LogP contribution in [-0.2, 0) is 4.74 Å². The van der Waals surface area contributed by atoms with E-state index in [0.717, 1.165) is 6.42 Å². The van der Waals surface area contributed by atoms with Gasteiger partial charge in [0.15, 0.2) is 0 Å². The lowest BCUT2D eigenvalue weighted by molar-refractivity contribution is 0.0825. The summed E-state index contributed by atoms with van der Waals surface area (Å²) in [5.74, 6) is 0.190. The molecule has 2 atom stereocenters. The standard InChI is InChI=1S/C7H17NO2/c1-6(10-2)3-7(4-8)5-9/h6-7,9H,3-5,8H2,1-2H3. The summed E-state index contributed by atoms with van der Waals surface area (Å²) >= 11 is 0. The fourth-order valence-corrected chi connectivity index (χ4v) is 0.811. The van der Waals surface area contributed by atoms with E-state index in [-0.39, 0.29) is 18.6 Å². The van der Waals surface area contributed by atoms with Gasteiger partial charge in [0, 0.05) is 13.7 Å². The third-order valence-electron chi connectivity index (χ3n) is 1.66. The Kier molecular flexibility index (Phi) is 5.58. The first-order valence-corrected chi connectivity index (χ1v) is 3.58. The summed E-state index contributed by atoms with van der Waals surface area (Å²) in [4.78, 5) is 0. The van der Waals surface area contributed by atoms with Crippen LogP contribution in [0.25, 0.3) is 0 Å². The predicted molar refractivity (Wildman–Crippen MR) is 40.7 cm³/mol. The second-order valence-electron chi connectivity index (χ2n) is 2.57. The summed E-state index contributed by atoms with van der Waals surface area (Å²) in [6, 6.07) is 0. The molecule has 0 aliphatic carbocycles. The first kappa shape index (κ1) is 9.88. The Morgan fingerprint density at radius 3 is 2.50 bits per heavy atom. The molecule has 0 aromatic heterocycles. The molecule has 0 aliphatic heterocycles. The van der Waals surface area contributed by atoms with Gasteiger partial charge in [0.05, 0.1) is 6.10 Å². The summed E-state index contributed by atoms with van der Waals surface area (Å²) in [5, 5.41) is 8.73. The molecule has 2 unspecified atom stereocenters. The Bertz CT molecular complexity index is 74.0. The van der Waals surface area contributed by atoms with Crippen LogP contribution in [0.5, 0.6) is 0 Å². The van der Waals surface area contributed by atoms with E-state index in [1.807, 2.05) is 6.92 Å². The van der Waals surface area contributed by atoms with Crippen molar-refractivity contribution in [3.05, 3.63) is 0 Å². The highest BCUT2D eigenvalue weighted by Crippen LogP contribution is 2.05. The van der Waals surface area contributed by atoms with Crippen molar-refractivity contribution in [1.29, 1.82) is 0 Å². The van der Waals surface area contributed by atoms with Gasteiger partial charge in [-0.25, -0.2) is 0 Å². The summed E-state index contributed by atoms with van der Waals surface area (Å²) in [7, 11) is 1.66. The van der Waals surface area contributed by atoms with Gasteiger partial charge in [-0.2, -0.15) is 0 Å². The predicted octanol–water partition coefficient (Wildman–Crippen LogP) is -0.0214. The molecule has 3 N–H and O–H groups in total. The average molecular weight is 147 g/mol. The van der Waals surface area contributed by atoms with Crippen molar-refractivity contribution < 1.29 is 9.84 Å². The SMILES string of the molecule is COC(C)CC(CN)CO. The molecule has 0 saturated heterocycles. The van der Waals surface area contributed by atoms with Crippen molar-refractivity contribution in [3.63, 3.8) is 0 Å². The van der Waals surface area contributed by atoms with Crippen LogP contribution < -0.4 is 5.73 Å². The zero-order valence-electron chi connectivity index (χ0n) is 6.71. The van der Waals surface area contributed by atoms with Crippen LogP contribution in [0.4, 0.5) is 0 Å². The fourth-order valence-electron chi connectivity index (χ4n) is 0.811. The van der Waals surface area contributed by atoms with Crippen molar-refractivity contribution in [2.45, 2.75) is 19.4 Å². The normalized spacial score (nSPS) is 16.8. The Balaban J connectivity index is 3.41. The van der Waals surface area contributed by atoms with Crippen molar-refractivity contribution in [1.82, 2.24) is 0 Å².